The molecule has 0 aromatic carbocycles. The van der Waals surface area contributed by atoms with Gasteiger partial charge in [0.15, 0.2) is 0 Å². The van der Waals surface area contributed by atoms with Crippen LogP contribution in [0, 0.1) is 0 Å². The minimum atomic E-state index is -0.269. The van der Waals surface area contributed by atoms with Crippen LogP contribution in [-0.4, -0.2) is 19.7 Å². The molecule has 32 valence electrons. The number of carbonyl (C=O) groups is 1. The van der Waals surface area contributed by atoms with Crippen molar-refractivity contribution in [3.63, 3.8) is 0 Å². The molecule has 0 aliphatic carbocycles. The second kappa shape index (κ2) is 1.30. The van der Waals surface area contributed by atoms with Crippen LogP contribution in [0.5, 0.6) is 0 Å². The molecule has 1 aliphatic rings. The Bertz CT molecular complexity index is 63.2. The third kappa shape index (κ3) is 0.516. The average Bonchev–Trinajstić information content (AvgIpc) is 1.86. The average molecular weight is 85.9 g/mol. The van der Waals surface area contributed by atoms with Crippen LogP contribution in [0.1, 0.15) is 0 Å². The largest absolute Gasteiger partial charge is 0.312 e. The van der Waals surface area contributed by atoms with Gasteiger partial charge in [0.05, 0.1) is 6.51 Å². The molecule has 1 rings (SSSR count). The Balaban J connectivity index is 2.37. The third-order valence-corrected chi connectivity index (χ3v) is 0.541. The van der Waals surface area contributed by atoms with Gasteiger partial charge in [-0.1, -0.05) is 0 Å². The van der Waals surface area contributed by atoms with Gasteiger partial charge >= 0.3 is 0 Å². The topological polar surface area (TPSA) is 35.5 Å². The molecular formula is C2H3BO3. The SMILES string of the molecule is O=C1BCOO1. The van der Waals surface area contributed by atoms with Gasteiger partial charge in [-0.15, -0.1) is 0 Å². The molecule has 3 nitrogen and oxygen atoms in total. The quantitative estimate of drug-likeness (QED) is 0.293. The smallest absolute Gasteiger partial charge is 0.299 e. The lowest BCUT2D eigenvalue weighted by atomic mass is 9.82. The summed E-state index contributed by atoms with van der Waals surface area (Å²) in [5.41, 5.74) is 0. The Morgan fingerprint density at radius 3 is 2.83 bits per heavy atom. The van der Waals surface area contributed by atoms with Crippen molar-refractivity contribution in [3.8, 4) is 0 Å². The Labute approximate surface area is 35.4 Å². The number of carbonyl (C=O) groups excluding carboxylic acids is 1. The molecule has 1 fully saturated rings. The summed E-state index contributed by atoms with van der Waals surface area (Å²) in [4.78, 5) is 18.1. The fraction of sp³-hybridized carbons (Fsp3) is 0.500. The molecule has 1 heterocycles. The fourth-order valence-electron chi connectivity index (χ4n) is 0.274. The van der Waals surface area contributed by atoms with E-state index in [2.05, 4.69) is 9.78 Å². The highest BCUT2D eigenvalue weighted by Crippen LogP contribution is 1.89. The van der Waals surface area contributed by atoms with Gasteiger partial charge < -0.3 is 4.89 Å². The van der Waals surface area contributed by atoms with Crippen molar-refractivity contribution in [2.24, 2.45) is 0 Å². The molecule has 6 heavy (non-hydrogen) atoms. The van der Waals surface area contributed by atoms with Crippen LogP contribution >= 0.6 is 0 Å². The van der Waals surface area contributed by atoms with Gasteiger partial charge in [0, 0.05) is 0 Å². The van der Waals surface area contributed by atoms with E-state index >= 15 is 0 Å². The van der Waals surface area contributed by atoms with Crippen LogP contribution in [-0.2, 0) is 9.78 Å². The van der Waals surface area contributed by atoms with Gasteiger partial charge in [0.1, 0.15) is 0 Å². The molecule has 0 aromatic rings. The minimum Gasteiger partial charge on any atom is -0.312 e. The summed E-state index contributed by atoms with van der Waals surface area (Å²) < 4.78 is 0. The summed E-state index contributed by atoms with van der Waals surface area (Å²) in [6, 6.07) is 0. The maximum absolute atomic E-state index is 9.90. The lowest BCUT2D eigenvalue weighted by Crippen LogP contribution is -1.98. The molecule has 1 saturated heterocycles. The molecule has 1 aliphatic heterocycles. The molecule has 0 spiro atoms. The lowest BCUT2D eigenvalue weighted by Gasteiger charge is -1.81. The van der Waals surface area contributed by atoms with Gasteiger partial charge in [0.2, 0.25) is 0 Å². The third-order valence-electron chi connectivity index (χ3n) is 0.541. The zero-order chi connectivity index (χ0) is 4.41. The summed E-state index contributed by atoms with van der Waals surface area (Å²) in [6.07, 6.45) is 0. The first-order valence-electron chi connectivity index (χ1n) is 1.72. The van der Waals surface area contributed by atoms with Crippen molar-refractivity contribution in [3.05, 3.63) is 0 Å². The molecule has 0 saturated carbocycles. The van der Waals surface area contributed by atoms with Gasteiger partial charge in [-0.3, -0.25) is 4.79 Å². The Hall–Kier alpha value is -0.505. The first-order valence-corrected chi connectivity index (χ1v) is 1.72. The van der Waals surface area contributed by atoms with E-state index in [1.54, 1.807) is 0 Å². The van der Waals surface area contributed by atoms with E-state index in [4.69, 9.17) is 0 Å². The van der Waals surface area contributed by atoms with Crippen molar-refractivity contribution in [2.45, 2.75) is 0 Å². The van der Waals surface area contributed by atoms with E-state index in [-0.39, 0.29) is 5.87 Å². The van der Waals surface area contributed by atoms with Gasteiger partial charge in [0.25, 0.3) is 13.1 Å². The number of hydrogen-bond acceptors (Lipinski definition) is 3. The van der Waals surface area contributed by atoms with Crippen molar-refractivity contribution in [1.29, 1.82) is 0 Å². The van der Waals surface area contributed by atoms with Crippen LogP contribution in [0.15, 0.2) is 0 Å². The summed E-state index contributed by atoms with van der Waals surface area (Å²) in [6.45, 7) is 0.416. The second-order valence-electron chi connectivity index (χ2n) is 1.03. The Kier molecular flexibility index (Phi) is 0.798. The predicted octanol–water partition coefficient (Wildman–Crippen LogP) is -0.538. The van der Waals surface area contributed by atoms with Crippen molar-refractivity contribution in [1.82, 2.24) is 0 Å². The maximum Gasteiger partial charge on any atom is 0.299 e. The van der Waals surface area contributed by atoms with E-state index in [1.807, 2.05) is 0 Å². The van der Waals surface area contributed by atoms with Crippen LogP contribution in [0.3, 0.4) is 0 Å². The lowest BCUT2D eigenvalue weighted by molar-refractivity contribution is -0.201. The van der Waals surface area contributed by atoms with Crippen molar-refractivity contribution < 1.29 is 14.6 Å². The molecule has 0 atom stereocenters. The van der Waals surface area contributed by atoms with E-state index in [0.29, 0.717) is 13.8 Å². The molecular weight excluding hydrogens is 82.8 g/mol. The first-order chi connectivity index (χ1) is 2.89. The van der Waals surface area contributed by atoms with E-state index in [0.717, 1.165) is 0 Å². The standard InChI is InChI=1S/C2H3BO3/c4-2-3-1-5-6-2/h3H,1H2. The van der Waals surface area contributed by atoms with Crippen molar-refractivity contribution >= 4 is 13.1 Å². The molecule has 0 amide bonds. The molecule has 0 bridgehead atoms. The van der Waals surface area contributed by atoms with E-state index < -0.39 is 0 Å². The monoisotopic (exact) mass is 86.0 g/mol. The summed E-state index contributed by atoms with van der Waals surface area (Å²) >= 11 is 0. The Morgan fingerprint density at radius 2 is 2.67 bits per heavy atom. The van der Waals surface area contributed by atoms with E-state index in [9.17, 15) is 4.79 Å². The highest BCUT2D eigenvalue weighted by molar-refractivity contribution is 6.72. The summed E-state index contributed by atoms with van der Waals surface area (Å²) in [5, 5.41) is 0. The maximum atomic E-state index is 9.90. The molecule has 0 radical (unpaired) electrons. The fourth-order valence-corrected chi connectivity index (χ4v) is 0.274. The van der Waals surface area contributed by atoms with Crippen LogP contribution in [0.2, 0.25) is 0 Å². The normalized spacial score (nSPS) is 19.7. The molecule has 4 heteroatoms. The van der Waals surface area contributed by atoms with Crippen molar-refractivity contribution in [2.75, 3.05) is 6.51 Å². The predicted molar refractivity (Wildman–Crippen MR) is 19.6 cm³/mol. The van der Waals surface area contributed by atoms with Crippen LogP contribution < -0.4 is 0 Å². The zero-order valence-corrected chi connectivity index (χ0v) is 3.14. The molecule has 0 aromatic heterocycles. The van der Waals surface area contributed by atoms with Crippen LogP contribution in [0.25, 0.3) is 0 Å². The second-order valence-corrected chi connectivity index (χ2v) is 1.03. The summed E-state index contributed by atoms with van der Waals surface area (Å²) in [7, 11) is 0.403. The minimum absolute atomic E-state index is 0.269. The van der Waals surface area contributed by atoms with Gasteiger partial charge in [-0.2, -0.15) is 4.89 Å². The highest BCUT2D eigenvalue weighted by atomic mass is 17.2. The number of hydrogen-bond donors (Lipinski definition) is 0. The van der Waals surface area contributed by atoms with Gasteiger partial charge in [-0.05, 0) is 0 Å². The first kappa shape index (κ1) is 3.68. The van der Waals surface area contributed by atoms with E-state index in [1.165, 1.54) is 0 Å². The number of rotatable bonds is 0. The Morgan fingerprint density at radius 1 is 1.83 bits per heavy atom. The molecule has 0 unspecified atom stereocenters. The highest BCUT2D eigenvalue weighted by Gasteiger charge is 2.13. The molecule has 0 N–H and O–H groups in total. The summed E-state index contributed by atoms with van der Waals surface area (Å²) in [5.74, 6) is -0.269. The zero-order valence-electron chi connectivity index (χ0n) is 3.14. The van der Waals surface area contributed by atoms with Gasteiger partial charge in [-0.25, -0.2) is 0 Å². The van der Waals surface area contributed by atoms with Crippen LogP contribution in [0.4, 0.5) is 4.79 Å².